The fourth-order valence-corrected chi connectivity index (χ4v) is 4.07. The van der Waals surface area contributed by atoms with Gasteiger partial charge in [-0.1, -0.05) is 43.9 Å². The number of para-hydroxylation sites is 1. The topological polar surface area (TPSA) is 58.1 Å². The van der Waals surface area contributed by atoms with Crippen LogP contribution in [0.4, 0.5) is 11.5 Å². The lowest BCUT2D eigenvalue weighted by atomic mass is 10.0. The summed E-state index contributed by atoms with van der Waals surface area (Å²) in [6.07, 6.45) is 11.0. The van der Waals surface area contributed by atoms with Gasteiger partial charge in [0.2, 0.25) is 0 Å². The second kappa shape index (κ2) is 7.85. The lowest BCUT2D eigenvalue weighted by molar-refractivity contribution is 0.0980. The largest absolute Gasteiger partial charge is 0.367 e. The standard InChI is InChI=1S/C21H26N4O/c26-21(25-13-7-9-16-8-5-6-12-19(16)25)18-14-20(23-15-22-18)24-17-10-3-1-2-4-11-17/h5-6,8,12,14-15,17H,1-4,7,9-11,13H2,(H,22,23,24). The van der Waals surface area contributed by atoms with Crippen LogP contribution >= 0.6 is 0 Å². The Balaban J connectivity index is 1.52. The van der Waals surface area contributed by atoms with Crippen LogP contribution in [-0.4, -0.2) is 28.5 Å². The number of aryl methyl sites for hydroxylation is 1. The number of rotatable bonds is 3. The van der Waals surface area contributed by atoms with Gasteiger partial charge in [-0.05, 0) is 37.3 Å². The van der Waals surface area contributed by atoms with Crippen molar-refractivity contribution in [2.75, 3.05) is 16.8 Å². The molecule has 5 nitrogen and oxygen atoms in total. The summed E-state index contributed by atoms with van der Waals surface area (Å²) in [7, 11) is 0. The molecule has 1 aliphatic carbocycles. The molecule has 136 valence electrons. The van der Waals surface area contributed by atoms with Gasteiger partial charge in [-0.25, -0.2) is 9.97 Å². The molecule has 0 atom stereocenters. The van der Waals surface area contributed by atoms with E-state index in [0.29, 0.717) is 11.7 Å². The Morgan fingerprint density at radius 3 is 2.69 bits per heavy atom. The first-order chi connectivity index (χ1) is 12.8. The molecule has 2 heterocycles. The van der Waals surface area contributed by atoms with Gasteiger partial charge in [0.15, 0.2) is 0 Å². The predicted octanol–water partition coefficient (Wildman–Crippen LogP) is 4.20. The molecule has 1 saturated carbocycles. The van der Waals surface area contributed by atoms with E-state index in [0.717, 1.165) is 30.9 Å². The van der Waals surface area contributed by atoms with Crippen molar-refractivity contribution in [2.45, 2.75) is 57.4 Å². The highest BCUT2D eigenvalue weighted by atomic mass is 16.2. The fraction of sp³-hybridized carbons (Fsp3) is 0.476. The number of aromatic nitrogens is 2. The van der Waals surface area contributed by atoms with Gasteiger partial charge in [-0.2, -0.15) is 0 Å². The minimum Gasteiger partial charge on any atom is -0.367 e. The minimum atomic E-state index is -0.0385. The monoisotopic (exact) mass is 350 g/mol. The van der Waals surface area contributed by atoms with Gasteiger partial charge in [0, 0.05) is 24.3 Å². The molecule has 1 aromatic carbocycles. The number of carbonyl (C=O) groups is 1. The molecule has 0 bridgehead atoms. The number of hydrogen-bond donors (Lipinski definition) is 1. The normalized spacial score (nSPS) is 18.1. The maximum absolute atomic E-state index is 13.1. The number of nitrogens with zero attached hydrogens (tertiary/aromatic N) is 3. The zero-order valence-electron chi connectivity index (χ0n) is 15.2. The Morgan fingerprint density at radius 2 is 1.85 bits per heavy atom. The SMILES string of the molecule is O=C(c1cc(NC2CCCCCC2)ncn1)N1CCCc2ccccc21. The van der Waals surface area contributed by atoms with Crippen LogP contribution in [0.2, 0.25) is 0 Å². The molecule has 0 spiro atoms. The van der Waals surface area contributed by atoms with Crippen LogP contribution in [0.25, 0.3) is 0 Å². The first kappa shape index (κ1) is 17.0. The van der Waals surface area contributed by atoms with E-state index in [9.17, 15) is 4.79 Å². The minimum absolute atomic E-state index is 0.0385. The van der Waals surface area contributed by atoms with Gasteiger partial charge in [-0.3, -0.25) is 4.79 Å². The molecule has 1 amide bonds. The van der Waals surface area contributed by atoms with Crippen LogP contribution < -0.4 is 10.2 Å². The van der Waals surface area contributed by atoms with Crippen molar-refractivity contribution in [1.82, 2.24) is 9.97 Å². The van der Waals surface area contributed by atoms with Gasteiger partial charge >= 0.3 is 0 Å². The third-order valence-corrected chi connectivity index (χ3v) is 5.45. The van der Waals surface area contributed by atoms with Gasteiger partial charge in [0.25, 0.3) is 5.91 Å². The Hall–Kier alpha value is -2.43. The summed E-state index contributed by atoms with van der Waals surface area (Å²) in [5.41, 5.74) is 2.71. The van der Waals surface area contributed by atoms with Crippen molar-refractivity contribution >= 4 is 17.4 Å². The average molecular weight is 350 g/mol. The summed E-state index contributed by atoms with van der Waals surface area (Å²) in [6, 6.07) is 10.4. The Kier molecular flexibility index (Phi) is 5.14. The molecule has 26 heavy (non-hydrogen) atoms. The van der Waals surface area contributed by atoms with E-state index in [1.54, 1.807) is 0 Å². The molecule has 5 heteroatoms. The Bertz CT molecular complexity index is 768. The number of anilines is 2. The number of benzene rings is 1. The molecule has 4 rings (SSSR count). The fourth-order valence-electron chi connectivity index (χ4n) is 4.07. The van der Waals surface area contributed by atoms with Crippen LogP contribution in [0.15, 0.2) is 36.7 Å². The average Bonchev–Trinajstić information content (AvgIpc) is 2.96. The van der Waals surface area contributed by atoms with Crippen molar-refractivity contribution in [3.63, 3.8) is 0 Å². The molecule has 0 unspecified atom stereocenters. The molecule has 1 fully saturated rings. The van der Waals surface area contributed by atoms with Crippen molar-refractivity contribution in [1.29, 1.82) is 0 Å². The second-order valence-corrected chi connectivity index (χ2v) is 7.31. The van der Waals surface area contributed by atoms with Crippen molar-refractivity contribution in [3.05, 3.63) is 47.9 Å². The summed E-state index contributed by atoms with van der Waals surface area (Å²) in [5.74, 6) is 0.726. The van der Waals surface area contributed by atoms with E-state index in [4.69, 9.17) is 0 Å². The highest BCUT2D eigenvalue weighted by molar-refractivity contribution is 6.05. The van der Waals surface area contributed by atoms with Crippen LogP contribution in [0.1, 0.15) is 61.0 Å². The third kappa shape index (κ3) is 3.71. The summed E-state index contributed by atoms with van der Waals surface area (Å²) in [4.78, 5) is 23.5. The molecule has 1 aromatic heterocycles. The van der Waals surface area contributed by atoms with Crippen molar-refractivity contribution in [3.8, 4) is 0 Å². The molecule has 0 saturated heterocycles. The molecule has 1 aliphatic heterocycles. The number of carbonyl (C=O) groups excluding carboxylic acids is 1. The highest BCUT2D eigenvalue weighted by Crippen LogP contribution is 2.28. The zero-order valence-corrected chi connectivity index (χ0v) is 15.2. The van der Waals surface area contributed by atoms with Crippen LogP contribution in [0.5, 0.6) is 0 Å². The summed E-state index contributed by atoms with van der Waals surface area (Å²) in [5, 5.41) is 3.52. The number of nitrogens with one attached hydrogen (secondary N) is 1. The quantitative estimate of drug-likeness (QED) is 0.843. The third-order valence-electron chi connectivity index (χ3n) is 5.45. The van der Waals surface area contributed by atoms with Crippen molar-refractivity contribution in [2.24, 2.45) is 0 Å². The summed E-state index contributed by atoms with van der Waals surface area (Å²) < 4.78 is 0. The lowest BCUT2D eigenvalue weighted by Gasteiger charge is -2.29. The van der Waals surface area contributed by atoms with E-state index in [1.165, 1.54) is 50.4 Å². The smallest absolute Gasteiger partial charge is 0.277 e. The molecular formula is C21H26N4O. The van der Waals surface area contributed by atoms with E-state index in [1.807, 2.05) is 29.2 Å². The maximum Gasteiger partial charge on any atom is 0.277 e. The Labute approximate surface area is 154 Å². The molecule has 1 N–H and O–H groups in total. The molecule has 0 radical (unpaired) electrons. The van der Waals surface area contributed by atoms with E-state index < -0.39 is 0 Å². The van der Waals surface area contributed by atoms with Crippen LogP contribution in [0, 0.1) is 0 Å². The molecular weight excluding hydrogens is 324 g/mol. The second-order valence-electron chi connectivity index (χ2n) is 7.31. The maximum atomic E-state index is 13.1. The van der Waals surface area contributed by atoms with Gasteiger partial charge in [0.05, 0.1) is 0 Å². The summed E-state index contributed by atoms with van der Waals surface area (Å²) >= 11 is 0. The number of hydrogen-bond acceptors (Lipinski definition) is 4. The lowest BCUT2D eigenvalue weighted by Crippen LogP contribution is -2.36. The van der Waals surface area contributed by atoms with Crippen molar-refractivity contribution < 1.29 is 4.79 Å². The van der Waals surface area contributed by atoms with E-state index in [-0.39, 0.29) is 5.91 Å². The summed E-state index contributed by atoms with van der Waals surface area (Å²) in [6.45, 7) is 0.741. The van der Waals surface area contributed by atoms with Gasteiger partial charge in [0.1, 0.15) is 17.8 Å². The number of fused-ring (bicyclic) bond motifs is 1. The molecule has 2 aliphatic rings. The van der Waals surface area contributed by atoms with E-state index in [2.05, 4.69) is 21.4 Å². The first-order valence-corrected chi connectivity index (χ1v) is 9.79. The first-order valence-electron chi connectivity index (χ1n) is 9.79. The van der Waals surface area contributed by atoms with Crippen LogP contribution in [-0.2, 0) is 6.42 Å². The molecule has 2 aromatic rings. The van der Waals surface area contributed by atoms with Gasteiger partial charge < -0.3 is 10.2 Å². The zero-order chi connectivity index (χ0) is 17.8. The predicted molar refractivity (Wildman–Crippen MR) is 104 cm³/mol. The van der Waals surface area contributed by atoms with Crippen LogP contribution in [0.3, 0.4) is 0 Å². The highest BCUT2D eigenvalue weighted by Gasteiger charge is 2.24. The number of amides is 1. The van der Waals surface area contributed by atoms with E-state index >= 15 is 0 Å². The van der Waals surface area contributed by atoms with Gasteiger partial charge in [-0.15, -0.1) is 0 Å². The Morgan fingerprint density at radius 1 is 1.04 bits per heavy atom.